The lowest BCUT2D eigenvalue weighted by molar-refractivity contribution is -0.00485. The largest absolute Gasteiger partial charge is 0.496 e. The van der Waals surface area contributed by atoms with Crippen LogP contribution in [0.15, 0.2) is 27.6 Å². The Morgan fingerprint density at radius 1 is 1.33 bits per heavy atom. The van der Waals surface area contributed by atoms with Gasteiger partial charge in [0.25, 0.3) is 6.29 Å². The van der Waals surface area contributed by atoms with Gasteiger partial charge in [-0.2, -0.15) is 0 Å². The lowest BCUT2D eigenvalue weighted by atomic mass is 9.95. The number of hydrogen-bond acceptors (Lipinski definition) is 7. The Morgan fingerprint density at radius 3 is 2.96 bits per heavy atom. The molecule has 3 heterocycles. The molecule has 1 aliphatic carbocycles. The molecule has 0 spiro atoms. The van der Waals surface area contributed by atoms with Crippen LogP contribution in [0.2, 0.25) is 0 Å². The number of ether oxygens (including phenoxy) is 3. The van der Waals surface area contributed by atoms with Crippen LogP contribution >= 0.6 is 0 Å². The summed E-state index contributed by atoms with van der Waals surface area (Å²) in [5.41, 5.74) is 0.628. The Labute approximate surface area is 135 Å². The van der Waals surface area contributed by atoms with Crippen LogP contribution in [0.5, 0.6) is 11.5 Å². The van der Waals surface area contributed by atoms with E-state index in [1.807, 2.05) is 6.08 Å². The maximum atomic E-state index is 12.3. The maximum absolute atomic E-state index is 12.3. The Morgan fingerprint density at radius 2 is 2.17 bits per heavy atom. The fourth-order valence-electron chi connectivity index (χ4n) is 3.73. The summed E-state index contributed by atoms with van der Waals surface area (Å²) in [6, 6.07) is 1.70. The number of rotatable bonds is 1. The number of carbonyl (C=O) groups is 1. The van der Waals surface area contributed by atoms with E-state index in [1.165, 1.54) is 7.11 Å². The summed E-state index contributed by atoms with van der Waals surface area (Å²) in [6.07, 6.45) is 1.71. The minimum Gasteiger partial charge on any atom is -0.496 e. The number of aliphatic hydroxyl groups is 1. The van der Waals surface area contributed by atoms with Crippen molar-refractivity contribution in [3.8, 4) is 11.5 Å². The van der Waals surface area contributed by atoms with E-state index in [-0.39, 0.29) is 17.9 Å². The molecule has 7 heteroatoms. The number of fused-ring (bicyclic) bond motifs is 7. The number of aliphatic hydroxyl groups excluding tert-OH is 1. The van der Waals surface area contributed by atoms with E-state index >= 15 is 0 Å². The van der Waals surface area contributed by atoms with Gasteiger partial charge in [0.15, 0.2) is 5.78 Å². The number of benzene rings is 1. The van der Waals surface area contributed by atoms with Crippen LogP contribution in [0.1, 0.15) is 27.4 Å². The smallest absolute Gasteiger partial charge is 0.347 e. The quantitative estimate of drug-likeness (QED) is 0.787. The number of methoxy groups -OCH3 is 1. The third-order valence-electron chi connectivity index (χ3n) is 4.78. The van der Waals surface area contributed by atoms with E-state index < -0.39 is 23.8 Å². The van der Waals surface area contributed by atoms with Gasteiger partial charge in [0, 0.05) is 12.5 Å². The van der Waals surface area contributed by atoms with Crippen LogP contribution in [-0.4, -0.2) is 30.4 Å². The van der Waals surface area contributed by atoms with Crippen LogP contribution in [-0.2, 0) is 11.2 Å². The summed E-state index contributed by atoms with van der Waals surface area (Å²) in [5.74, 6) is 0.138. The van der Waals surface area contributed by atoms with Gasteiger partial charge in [0.05, 0.1) is 30.2 Å². The topological polar surface area (TPSA) is 95.2 Å². The molecule has 1 N–H and O–H groups in total. The monoisotopic (exact) mass is 328 g/mol. The fraction of sp³-hybridized carbons (Fsp3) is 0.294. The Balaban J connectivity index is 1.93. The van der Waals surface area contributed by atoms with Gasteiger partial charge in [-0.1, -0.05) is 0 Å². The average Bonchev–Trinajstić information content (AvgIpc) is 3.20. The van der Waals surface area contributed by atoms with Gasteiger partial charge in [-0.05, 0) is 11.6 Å². The first-order valence-electron chi connectivity index (χ1n) is 7.51. The summed E-state index contributed by atoms with van der Waals surface area (Å²) in [6.45, 7) is 0. The summed E-state index contributed by atoms with van der Waals surface area (Å²) in [4.78, 5) is 24.4. The van der Waals surface area contributed by atoms with Crippen molar-refractivity contribution in [1.82, 2.24) is 0 Å². The van der Waals surface area contributed by atoms with Crippen molar-refractivity contribution < 1.29 is 28.5 Å². The zero-order valence-corrected chi connectivity index (χ0v) is 12.6. The highest BCUT2D eigenvalue weighted by molar-refractivity contribution is 6.08. The second kappa shape index (κ2) is 4.39. The molecule has 3 atom stereocenters. The van der Waals surface area contributed by atoms with E-state index in [1.54, 1.807) is 12.3 Å². The highest BCUT2D eigenvalue weighted by atomic mass is 16.7. The van der Waals surface area contributed by atoms with Gasteiger partial charge >= 0.3 is 5.63 Å². The van der Waals surface area contributed by atoms with Crippen LogP contribution in [0.25, 0.3) is 11.0 Å². The number of ketones is 1. The maximum Gasteiger partial charge on any atom is 0.347 e. The number of Topliss-reactive ketones (excluding diaryl/α,β-unsaturated/α-hetero) is 1. The molecule has 1 aromatic heterocycles. The van der Waals surface area contributed by atoms with Gasteiger partial charge in [0.1, 0.15) is 28.7 Å². The Kier molecular flexibility index (Phi) is 2.49. The van der Waals surface area contributed by atoms with Gasteiger partial charge in [-0.15, -0.1) is 0 Å². The first kappa shape index (κ1) is 13.6. The molecule has 2 aromatic rings. The molecule has 0 bridgehead atoms. The number of carbonyl (C=O) groups excluding carboxylic acids is 1. The highest BCUT2D eigenvalue weighted by Gasteiger charge is 2.43. The molecule has 0 fully saturated rings. The molecule has 7 nitrogen and oxygen atoms in total. The van der Waals surface area contributed by atoms with E-state index in [4.69, 9.17) is 18.6 Å². The van der Waals surface area contributed by atoms with E-state index in [9.17, 15) is 14.7 Å². The predicted octanol–water partition coefficient (Wildman–Crippen LogP) is 1.25. The molecule has 3 unspecified atom stereocenters. The molecule has 24 heavy (non-hydrogen) atoms. The molecular formula is C17H12O7. The molecule has 2 aliphatic heterocycles. The van der Waals surface area contributed by atoms with Crippen molar-refractivity contribution in [2.45, 2.75) is 24.7 Å². The van der Waals surface area contributed by atoms with Crippen molar-refractivity contribution in [2.24, 2.45) is 0 Å². The predicted molar refractivity (Wildman–Crippen MR) is 80.5 cm³/mol. The van der Waals surface area contributed by atoms with Crippen molar-refractivity contribution in [1.29, 1.82) is 0 Å². The normalized spacial score (nSPS) is 26.1. The summed E-state index contributed by atoms with van der Waals surface area (Å²) < 4.78 is 22.0. The first-order valence-corrected chi connectivity index (χ1v) is 7.51. The highest BCUT2D eigenvalue weighted by Crippen LogP contribution is 2.50. The number of hydrogen-bond donors (Lipinski definition) is 1. The summed E-state index contributed by atoms with van der Waals surface area (Å²) in [7, 11) is 1.48. The third-order valence-corrected chi connectivity index (χ3v) is 4.78. The first-order chi connectivity index (χ1) is 11.6. The molecule has 3 aliphatic rings. The minimum atomic E-state index is -1.23. The molecular weight excluding hydrogens is 316 g/mol. The average molecular weight is 328 g/mol. The van der Waals surface area contributed by atoms with Gasteiger partial charge < -0.3 is 23.7 Å². The van der Waals surface area contributed by atoms with Gasteiger partial charge in [-0.25, -0.2) is 4.79 Å². The molecule has 122 valence electrons. The molecule has 5 rings (SSSR count). The van der Waals surface area contributed by atoms with E-state index in [2.05, 4.69) is 0 Å². The van der Waals surface area contributed by atoms with Crippen LogP contribution in [0, 0.1) is 0 Å². The molecule has 0 saturated heterocycles. The standard InChI is InChI=1S/C17H12O7/c1-21-9-5-10-11(6-2-3-22-17(6)23-10)15-12(9)7-4-8(18)14(19)13(7)16(20)24-15/h2-3,5-6,8,17-18H,4H2,1H3. The second-order valence-corrected chi connectivity index (χ2v) is 6.00. The van der Waals surface area contributed by atoms with Crippen LogP contribution in [0.4, 0.5) is 0 Å². The van der Waals surface area contributed by atoms with Crippen molar-refractivity contribution in [2.75, 3.05) is 7.11 Å². The zero-order valence-electron chi connectivity index (χ0n) is 12.6. The SMILES string of the molecule is COc1cc2c(c3oc(=O)c4c(c13)CC(O)C4=O)C1C=COC1O2. The van der Waals surface area contributed by atoms with Crippen LogP contribution < -0.4 is 15.1 Å². The fourth-order valence-corrected chi connectivity index (χ4v) is 3.73. The second-order valence-electron chi connectivity index (χ2n) is 6.00. The van der Waals surface area contributed by atoms with Crippen molar-refractivity contribution >= 4 is 16.8 Å². The molecule has 1 aromatic carbocycles. The van der Waals surface area contributed by atoms with Crippen LogP contribution in [0.3, 0.4) is 0 Å². The minimum absolute atomic E-state index is 0.0622. The van der Waals surface area contributed by atoms with Gasteiger partial charge in [-0.3, -0.25) is 4.79 Å². The summed E-state index contributed by atoms with van der Waals surface area (Å²) in [5, 5.41) is 10.4. The lowest BCUT2D eigenvalue weighted by Gasteiger charge is -2.12. The van der Waals surface area contributed by atoms with Gasteiger partial charge in [0.2, 0.25) is 0 Å². The lowest BCUT2D eigenvalue weighted by Crippen LogP contribution is -2.19. The van der Waals surface area contributed by atoms with E-state index in [0.717, 1.165) is 0 Å². The molecule has 0 radical (unpaired) electrons. The van der Waals surface area contributed by atoms with Crippen molar-refractivity contribution in [3.05, 3.63) is 45.5 Å². The zero-order chi connectivity index (χ0) is 16.6. The van der Waals surface area contributed by atoms with Crippen molar-refractivity contribution in [3.63, 3.8) is 0 Å². The third kappa shape index (κ3) is 1.50. The molecule has 0 saturated carbocycles. The van der Waals surface area contributed by atoms with E-state index in [0.29, 0.717) is 33.6 Å². The Hall–Kier alpha value is -2.80. The summed E-state index contributed by atoms with van der Waals surface area (Å²) >= 11 is 0. The molecule has 0 amide bonds. The Bertz CT molecular complexity index is 1000.